The average Bonchev–Trinajstić information content (AvgIpc) is 2.48. The van der Waals surface area contributed by atoms with Crippen molar-refractivity contribution in [3.63, 3.8) is 0 Å². The van der Waals surface area contributed by atoms with Crippen LogP contribution in [0.4, 0.5) is 5.69 Å². The molecule has 110 valence electrons. The normalized spacial score (nSPS) is 10.3. The maximum Gasteiger partial charge on any atom is 0.252 e. The van der Waals surface area contributed by atoms with Gasteiger partial charge in [0.05, 0.1) is 10.6 Å². The third kappa shape index (κ3) is 4.13. The Morgan fingerprint density at radius 1 is 1.14 bits per heavy atom. The van der Waals surface area contributed by atoms with Crippen LogP contribution in [0.3, 0.4) is 0 Å². The van der Waals surface area contributed by atoms with E-state index in [2.05, 4.69) is 26.6 Å². The molecular formula is C15H13BrCl2N2O. The molecule has 6 heteroatoms. The summed E-state index contributed by atoms with van der Waals surface area (Å²) < 4.78 is 0.964. The van der Waals surface area contributed by atoms with E-state index in [1.165, 1.54) is 0 Å². The number of amides is 1. The first kappa shape index (κ1) is 16.1. The van der Waals surface area contributed by atoms with E-state index in [0.717, 1.165) is 15.7 Å². The Hall–Kier alpha value is -1.23. The summed E-state index contributed by atoms with van der Waals surface area (Å²) in [6.45, 7) is 0.549. The summed E-state index contributed by atoms with van der Waals surface area (Å²) in [4.78, 5) is 11.7. The predicted octanol–water partition coefficient (Wildman–Crippen LogP) is 4.73. The van der Waals surface area contributed by atoms with Crippen molar-refractivity contribution in [2.75, 3.05) is 12.4 Å². The fourth-order valence-electron chi connectivity index (χ4n) is 1.82. The monoisotopic (exact) mass is 386 g/mol. The molecule has 0 bridgehead atoms. The van der Waals surface area contributed by atoms with Gasteiger partial charge in [-0.2, -0.15) is 0 Å². The fraction of sp³-hybridized carbons (Fsp3) is 0.133. The van der Waals surface area contributed by atoms with Crippen molar-refractivity contribution in [2.24, 2.45) is 0 Å². The zero-order valence-electron chi connectivity index (χ0n) is 11.2. The van der Waals surface area contributed by atoms with E-state index in [1.54, 1.807) is 19.2 Å². The highest BCUT2D eigenvalue weighted by Crippen LogP contribution is 2.24. The van der Waals surface area contributed by atoms with Crippen LogP contribution in [-0.4, -0.2) is 13.0 Å². The molecule has 2 rings (SSSR count). The number of benzene rings is 2. The predicted molar refractivity (Wildman–Crippen MR) is 91.3 cm³/mol. The van der Waals surface area contributed by atoms with Crippen LogP contribution in [0.5, 0.6) is 0 Å². The van der Waals surface area contributed by atoms with Gasteiger partial charge in [0.25, 0.3) is 5.91 Å². The van der Waals surface area contributed by atoms with Gasteiger partial charge in [0.2, 0.25) is 0 Å². The number of carbonyl (C=O) groups is 1. The summed E-state index contributed by atoms with van der Waals surface area (Å²) >= 11 is 15.6. The third-order valence-corrected chi connectivity index (χ3v) is 4.12. The van der Waals surface area contributed by atoms with E-state index in [-0.39, 0.29) is 5.91 Å². The molecule has 2 aromatic rings. The second kappa shape index (κ2) is 7.16. The topological polar surface area (TPSA) is 41.1 Å². The van der Waals surface area contributed by atoms with Crippen LogP contribution in [0.25, 0.3) is 0 Å². The number of nitrogens with one attached hydrogen (secondary N) is 2. The van der Waals surface area contributed by atoms with Gasteiger partial charge in [-0.25, -0.2) is 0 Å². The van der Waals surface area contributed by atoms with Crippen LogP contribution < -0.4 is 10.6 Å². The summed E-state index contributed by atoms with van der Waals surface area (Å²) in [7, 11) is 1.57. The molecule has 0 atom stereocenters. The lowest BCUT2D eigenvalue weighted by molar-refractivity contribution is 0.0963. The Morgan fingerprint density at radius 2 is 1.86 bits per heavy atom. The number of halogens is 3. The maximum atomic E-state index is 11.7. The van der Waals surface area contributed by atoms with Gasteiger partial charge in [-0.1, -0.05) is 39.1 Å². The first-order chi connectivity index (χ1) is 10.0. The van der Waals surface area contributed by atoms with Crippen LogP contribution in [0.1, 0.15) is 15.9 Å². The Kier molecular flexibility index (Phi) is 5.51. The molecule has 0 heterocycles. The zero-order valence-corrected chi connectivity index (χ0v) is 14.3. The molecule has 0 spiro atoms. The molecule has 0 fully saturated rings. The second-order valence-electron chi connectivity index (χ2n) is 4.36. The van der Waals surface area contributed by atoms with E-state index in [1.807, 2.05) is 24.3 Å². The third-order valence-electron chi connectivity index (χ3n) is 2.93. The number of anilines is 1. The second-order valence-corrected chi connectivity index (χ2v) is 6.09. The molecule has 1 amide bonds. The van der Waals surface area contributed by atoms with Crippen LogP contribution in [0, 0.1) is 0 Å². The van der Waals surface area contributed by atoms with Gasteiger partial charge in [0, 0.05) is 28.8 Å². The summed E-state index contributed by atoms with van der Waals surface area (Å²) in [5.41, 5.74) is 2.20. The standard InChI is InChI=1S/C15H13BrCl2N2O/c1-19-15(21)12-7-11(3-5-14(12)18)20-8-9-6-10(16)2-4-13(9)17/h2-7,20H,8H2,1H3,(H,19,21). The molecule has 0 saturated carbocycles. The number of rotatable bonds is 4. The highest BCUT2D eigenvalue weighted by Gasteiger charge is 2.09. The molecule has 0 aromatic heterocycles. The summed E-state index contributed by atoms with van der Waals surface area (Å²) in [6, 6.07) is 10.9. The van der Waals surface area contributed by atoms with E-state index >= 15 is 0 Å². The first-order valence-electron chi connectivity index (χ1n) is 6.20. The molecule has 3 nitrogen and oxygen atoms in total. The van der Waals surface area contributed by atoms with Gasteiger partial charge in [0.1, 0.15) is 0 Å². The lowest BCUT2D eigenvalue weighted by atomic mass is 10.1. The molecule has 0 aliphatic carbocycles. The van der Waals surface area contributed by atoms with Gasteiger partial charge in [0.15, 0.2) is 0 Å². The lowest BCUT2D eigenvalue weighted by Crippen LogP contribution is -2.18. The number of hydrogen-bond acceptors (Lipinski definition) is 2. The summed E-state index contributed by atoms with van der Waals surface area (Å²) in [6.07, 6.45) is 0. The molecule has 0 saturated heterocycles. The molecule has 21 heavy (non-hydrogen) atoms. The summed E-state index contributed by atoms with van der Waals surface area (Å²) in [5, 5.41) is 6.90. The Labute approximate surface area is 141 Å². The van der Waals surface area contributed by atoms with Gasteiger partial charge in [-0.05, 0) is 42.0 Å². The number of carbonyl (C=O) groups excluding carboxylic acids is 1. The molecule has 2 aromatic carbocycles. The van der Waals surface area contributed by atoms with Gasteiger partial charge >= 0.3 is 0 Å². The van der Waals surface area contributed by atoms with Crippen molar-refractivity contribution in [1.29, 1.82) is 0 Å². The zero-order chi connectivity index (χ0) is 15.4. The molecule has 0 aliphatic heterocycles. The molecule has 0 aliphatic rings. The minimum Gasteiger partial charge on any atom is -0.381 e. The fourth-order valence-corrected chi connectivity index (χ4v) is 2.62. The SMILES string of the molecule is CNC(=O)c1cc(NCc2cc(Br)ccc2Cl)ccc1Cl. The smallest absolute Gasteiger partial charge is 0.252 e. The first-order valence-corrected chi connectivity index (χ1v) is 7.75. The lowest BCUT2D eigenvalue weighted by Gasteiger charge is -2.11. The average molecular weight is 388 g/mol. The Morgan fingerprint density at radius 3 is 2.57 bits per heavy atom. The van der Waals surface area contributed by atoms with Crippen LogP contribution in [-0.2, 0) is 6.54 Å². The van der Waals surface area contributed by atoms with Crippen LogP contribution in [0.2, 0.25) is 10.0 Å². The molecule has 0 unspecified atom stereocenters. The molecule has 2 N–H and O–H groups in total. The van der Waals surface area contributed by atoms with E-state index in [4.69, 9.17) is 23.2 Å². The van der Waals surface area contributed by atoms with Gasteiger partial charge in [-0.3, -0.25) is 4.79 Å². The van der Waals surface area contributed by atoms with Crippen molar-refractivity contribution in [3.8, 4) is 0 Å². The van der Waals surface area contributed by atoms with E-state index in [0.29, 0.717) is 22.2 Å². The molecular weight excluding hydrogens is 375 g/mol. The van der Waals surface area contributed by atoms with Crippen molar-refractivity contribution < 1.29 is 4.79 Å². The van der Waals surface area contributed by atoms with E-state index < -0.39 is 0 Å². The maximum absolute atomic E-state index is 11.7. The van der Waals surface area contributed by atoms with Gasteiger partial charge < -0.3 is 10.6 Å². The summed E-state index contributed by atoms with van der Waals surface area (Å²) in [5.74, 6) is -0.218. The van der Waals surface area contributed by atoms with Crippen molar-refractivity contribution in [2.45, 2.75) is 6.54 Å². The van der Waals surface area contributed by atoms with Crippen molar-refractivity contribution >= 4 is 50.7 Å². The molecule has 0 radical (unpaired) electrons. The Bertz CT molecular complexity index is 677. The highest BCUT2D eigenvalue weighted by molar-refractivity contribution is 9.10. The van der Waals surface area contributed by atoms with E-state index in [9.17, 15) is 4.79 Å². The minimum atomic E-state index is -0.218. The highest BCUT2D eigenvalue weighted by atomic mass is 79.9. The Balaban J connectivity index is 2.17. The van der Waals surface area contributed by atoms with Crippen molar-refractivity contribution in [3.05, 3.63) is 62.0 Å². The van der Waals surface area contributed by atoms with Crippen molar-refractivity contribution in [1.82, 2.24) is 5.32 Å². The largest absolute Gasteiger partial charge is 0.381 e. The minimum absolute atomic E-state index is 0.218. The van der Waals surface area contributed by atoms with Crippen LogP contribution in [0.15, 0.2) is 40.9 Å². The number of hydrogen-bond donors (Lipinski definition) is 2. The van der Waals surface area contributed by atoms with Gasteiger partial charge in [-0.15, -0.1) is 0 Å². The van der Waals surface area contributed by atoms with Crippen LogP contribution >= 0.6 is 39.1 Å². The quantitative estimate of drug-likeness (QED) is 0.796.